The number of sulfonamides is 1. The number of hydrogen-bond acceptors (Lipinski definition) is 8. The fraction of sp³-hybridized carbons (Fsp3) is 0.318. The van der Waals surface area contributed by atoms with Crippen molar-refractivity contribution in [2.75, 3.05) is 35.0 Å². The third-order valence-corrected chi connectivity index (χ3v) is 7.58. The number of nitrogens with one attached hydrogen (secondary N) is 1. The fourth-order valence-electron chi connectivity index (χ4n) is 3.12. The summed E-state index contributed by atoms with van der Waals surface area (Å²) in [5.74, 6) is 1.96. The number of thiazole rings is 1. The lowest BCUT2D eigenvalue weighted by Crippen LogP contribution is -2.26. The molecule has 0 bridgehead atoms. The van der Waals surface area contributed by atoms with E-state index < -0.39 is 10.0 Å². The largest absolute Gasteiger partial charge is 0.497 e. The summed E-state index contributed by atoms with van der Waals surface area (Å²) >= 11 is 1.52. The summed E-state index contributed by atoms with van der Waals surface area (Å²) in [6, 6.07) is 10.3. The van der Waals surface area contributed by atoms with Crippen LogP contribution in [0.1, 0.15) is 10.6 Å². The molecule has 3 rings (SSSR count). The summed E-state index contributed by atoms with van der Waals surface area (Å²) < 4.78 is 49.3. The van der Waals surface area contributed by atoms with Crippen molar-refractivity contribution < 1.29 is 27.4 Å². The Morgan fingerprint density at radius 2 is 1.59 bits per heavy atom. The minimum absolute atomic E-state index is 0.0337. The number of aryl methyl sites for hydroxylation is 1. The first-order valence-corrected chi connectivity index (χ1v) is 12.0. The van der Waals surface area contributed by atoms with Crippen LogP contribution in [0.4, 0.5) is 0 Å². The molecule has 0 atom stereocenters. The Morgan fingerprint density at radius 1 is 0.906 bits per heavy atom. The van der Waals surface area contributed by atoms with Crippen molar-refractivity contribution in [3.63, 3.8) is 0 Å². The fourth-order valence-corrected chi connectivity index (χ4v) is 5.40. The second-order valence-electron chi connectivity index (χ2n) is 6.76. The first-order valence-electron chi connectivity index (χ1n) is 9.73. The van der Waals surface area contributed by atoms with E-state index in [1.807, 2.05) is 25.1 Å². The van der Waals surface area contributed by atoms with Gasteiger partial charge >= 0.3 is 0 Å². The number of aromatic nitrogens is 1. The molecule has 0 saturated heterocycles. The van der Waals surface area contributed by atoms with E-state index in [4.69, 9.17) is 18.9 Å². The van der Waals surface area contributed by atoms with Crippen molar-refractivity contribution in [2.45, 2.75) is 18.2 Å². The van der Waals surface area contributed by atoms with Gasteiger partial charge in [-0.3, -0.25) is 0 Å². The molecule has 0 unspecified atom stereocenters. The van der Waals surface area contributed by atoms with Crippen LogP contribution in [-0.2, 0) is 16.4 Å². The Kier molecular flexibility index (Phi) is 7.60. The number of nitrogens with zero attached hydrogens (tertiary/aromatic N) is 1. The van der Waals surface area contributed by atoms with E-state index in [0.29, 0.717) is 23.7 Å². The highest BCUT2D eigenvalue weighted by Gasteiger charge is 2.21. The summed E-state index contributed by atoms with van der Waals surface area (Å²) in [6.45, 7) is 2.13. The molecule has 0 aliphatic rings. The van der Waals surface area contributed by atoms with Gasteiger partial charge in [-0.15, -0.1) is 11.3 Å². The monoisotopic (exact) mass is 478 g/mol. The maximum Gasteiger partial charge on any atom is 0.244 e. The second kappa shape index (κ2) is 10.2. The number of methoxy groups -OCH3 is 4. The zero-order valence-electron chi connectivity index (χ0n) is 18.6. The van der Waals surface area contributed by atoms with E-state index in [0.717, 1.165) is 21.1 Å². The van der Waals surface area contributed by atoms with E-state index in [1.165, 1.54) is 31.6 Å². The Hall–Kier alpha value is -2.82. The van der Waals surface area contributed by atoms with Gasteiger partial charge in [-0.2, -0.15) is 0 Å². The van der Waals surface area contributed by atoms with Gasteiger partial charge in [0, 0.05) is 23.1 Å². The maximum atomic E-state index is 12.8. The summed E-state index contributed by atoms with van der Waals surface area (Å²) in [5.41, 5.74) is 1.77. The smallest absolute Gasteiger partial charge is 0.244 e. The molecular weight excluding hydrogens is 452 g/mol. The zero-order chi connectivity index (χ0) is 23.3. The summed E-state index contributed by atoms with van der Waals surface area (Å²) in [5, 5.41) is 0.829. The van der Waals surface area contributed by atoms with E-state index in [2.05, 4.69) is 9.71 Å². The van der Waals surface area contributed by atoms with Gasteiger partial charge in [0.1, 0.15) is 21.4 Å². The number of ether oxygens (including phenoxy) is 4. The molecule has 10 heteroatoms. The quantitative estimate of drug-likeness (QED) is 0.475. The first kappa shape index (κ1) is 23.8. The lowest BCUT2D eigenvalue weighted by atomic mass is 10.2. The van der Waals surface area contributed by atoms with Gasteiger partial charge in [-0.05, 0) is 43.7 Å². The number of rotatable bonds is 10. The van der Waals surface area contributed by atoms with Crippen LogP contribution in [0.25, 0.3) is 10.6 Å². The lowest BCUT2D eigenvalue weighted by Gasteiger charge is -2.12. The highest BCUT2D eigenvalue weighted by Crippen LogP contribution is 2.35. The van der Waals surface area contributed by atoms with Crippen LogP contribution in [0, 0.1) is 6.92 Å². The summed E-state index contributed by atoms with van der Waals surface area (Å²) in [4.78, 5) is 5.67. The Balaban J connectivity index is 1.74. The Bertz CT molecular complexity index is 1190. The number of hydrogen-bond donors (Lipinski definition) is 1. The molecule has 0 radical (unpaired) electrons. The topological polar surface area (TPSA) is 96.0 Å². The normalized spacial score (nSPS) is 11.3. The van der Waals surface area contributed by atoms with Gasteiger partial charge in [0.15, 0.2) is 11.5 Å². The van der Waals surface area contributed by atoms with Crippen LogP contribution in [0.3, 0.4) is 0 Å². The molecule has 0 saturated carbocycles. The van der Waals surface area contributed by atoms with E-state index in [9.17, 15) is 8.42 Å². The molecular formula is C22H26N2O6S2. The van der Waals surface area contributed by atoms with Crippen molar-refractivity contribution >= 4 is 21.4 Å². The molecule has 0 aliphatic heterocycles. The highest BCUT2D eigenvalue weighted by molar-refractivity contribution is 7.89. The van der Waals surface area contributed by atoms with Gasteiger partial charge in [0.25, 0.3) is 0 Å². The van der Waals surface area contributed by atoms with Crippen LogP contribution in [-0.4, -0.2) is 48.4 Å². The number of benzene rings is 2. The van der Waals surface area contributed by atoms with Gasteiger partial charge in [-0.25, -0.2) is 18.1 Å². The Labute approximate surface area is 192 Å². The highest BCUT2D eigenvalue weighted by atomic mass is 32.2. The predicted molar refractivity (Wildman–Crippen MR) is 124 cm³/mol. The van der Waals surface area contributed by atoms with Crippen molar-refractivity contribution in [1.82, 2.24) is 9.71 Å². The van der Waals surface area contributed by atoms with Gasteiger partial charge in [0.2, 0.25) is 10.0 Å². The molecule has 172 valence electrons. The van der Waals surface area contributed by atoms with Crippen LogP contribution < -0.4 is 23.7 Å². The molecule has 1 heterocycles. The summed E-state index contributed by atoms with van der Waals surface area (Å²) in [7, 11) is 2.30. The van der Waals surface area contributed by atoms with Gasteiger partial charge in [0.05, 0.1) is 34.1 Å². The summed E-state index contributed by atoms with van der Waals surface area (Å²) in [6.07, 6.45) is 0.502. The molecule has 1 aromatic heterocycles. The standard InChI is InChI=1S/C22H26N2O6S2/c1-14-20(31-22(24-14)15-6-8-17(28-3)19(12-15)30-5)10-11-23-32(25,26)21-13-16(27-2)7-9-18(21)29-4/h6-9,12-13,23H,10-11H2,1-5H3. The third-order valence-electron chi connectivity index (χ3n) is 4.83. The van der Waals surface area contributed by atoms with Crippen molar-refractivity contribution in [3.8, 4) is 33.6 Å². The first-order chi connectivity index (χ1) is 15.3. The van der Waals surface area contributed by atoms with Crippen LogP contribution in [0.15, 0.2) is 41.3 Å². The average molecular weight is 479 g/mol. The molecule has 0 fully saturated rings. The molecule has 3 aromatic rings. The maximum absolute atomic E-state index is 12.8. The van der Waals surface area contributed by atoms with Gasteiger partial charge < -0.3 is 18.9 Å². The molecule has 1 N–H and O–H groups in total. The molecule has 2 aromatic carbocycles. The second-order valence-corrected chi connectivity index (χ2v) is 9.58. The third kappa shape index (κ3) is 5.14. The average Bonchev–Trinajstić information content (AvgIpc) is 3.18. The van der Waals surface area contributed by atoms with E-state index >= 15 is 0 Å². The molecule has 32 heavy (non-hydrogen) atoms. The SMILES string of the molecule is COc1ccc(OC)c(S(=O)(=O)NCCc2sc(-c3ccc(OC)c(OC)c3)nc2C)c1. The molecule has 8 nitrogen and oxygen atoms in total. The van der Waals surface area contributed by atoms with Crippen LogP contribution >= 0.6 is 11.3 Å². The predicted octanol–water partition coefficient (Wildman–Crippen LogP) is 3.67. The Morgan fingerprint density at radius 3 is 2.25 bits per heavy atom. The van der Waals surface area contributed by atoms with Gasteiger partial charge in [-0.1, -0.05) is 0 Å². The van der Waals surface area contributed by atoms with Crippen LogP contribution in [0.5, 0.6) is 23.0 Å². The van der Waals surface area contributed by atoms with E-state index in [1.54, 1.807) is 26.4 Å². The minimum atomic E-state index is -3.78. The molecule has 0 spiro atoms. The zero-order valence-corrected chi connectivity index (χ0v) is 20.2. The van der Waals surface area contributed by atoms with Crippen LogP contribution in [0.2, 0.25) is 0 Å². The molecule has 0 aliphatic carbocycles. The van der Waals surface area contributed by atoms with Crippen molar-refractivity contribution in [1.29, 1.82) is 0 Å². The van der Waals surface area contributed by atoms with Crippen molar-refractivity contribution in [2.24, 2.45) is 0 Å². The van der Waals surface area contributed by atoms with Crippen molar-refractivity contribution in [3.05, 3.63) is 47.0 Å². The minimum Gasteiger partial charge on any atom is -0.497 e. The molecule has 0 amide bonds. The van der Waals surface area contributed by atoms with E-state index in [-0.39, 0.29) is 17.2 Å². The lowest BCUT2D eigenvalue weighted by molar-refractivity contribution is 0.355.